The molecule has 1 rings (SSSR count). The van der Waals surface area contributed by atoms with Crippen LogP contribution in [-0.4, -0.2) is 39.5 Å². The Labute approximate surface area is 148 Å². The van der Waals surface area contributed by atoms with Crippen molar-refractivity contribution in [1.29, 1.82) is 0 Å². The molecule has 0 aliphatic carbocycles. The van der Waals surface area contributed by atoms with Gasteiger partial charge < -0.3 is 4.90 Å². The molecule has 0 atom stereocenters. The number of nitrogens with one attached hydrogen (secondary N) is 1. The van der Waals surface area contributed by atoms with Gasteiger partial charge in [0.2, 0.25) is 10.0 Å². The van der Waals surface area contributed by atoms with Gasteiger partial charge in [-0.1, -0.05) is 26.7 Å². The molecular formula is C17H27F3N2O2S. The van der Waals surface area contributed by atoms with Crippen LogP contribution in [0.5, 0.6) is 0 Å². The summed E-state index contributed by atoms with van der Waals surface area (Å²) in [6.45, 7) is 6.85. The van der Waals surface area contributed by atoms with Crippen LogP contribution in [0.1, 0.15) is 45.1 Å². The first-order valence-electron chi connectivity index (χ1n) is 8.60. The van der Waals surface area contributed by atoms with Gasteiger partial charge in [-0.05, 0) is 50.2 Å². The summed E-state index contributed by atoms with van der Waals surface area (Å²) in [5, 5.41) is 0. The van der Waals surface area contributed by atoms with E-state index in [0.717, 1.165) is 63.0 Å². The first kappa shape index (κ1) is 21.9. The number of sulfonamides is 1. The van der Waals surface area contributed by atoms with E-state index in [0.29, 0.717) is 6.54 Å². The number of hydrogen-bond donors (Lipinski definition) is 1. The molecule has 0 fully saturated rings. The van der Waals surface area contributed by atoms with Gasteiger partial charge in [-0.25, -0.2) is 13.1 Å². The molecule has 4 nitrogen and oxygen atoms in total. The van der Waals surface area contributed by atoms with Gasteiger partial charge in [-0.2, -0.15) is 13.2 Å². The predicted octanol–water partition coefficient (Wildman–Crippen LogP) is 3.89. The van der Waals surface area contributed by atoms with Crippen LogP contribution in [0.3, 0.4) is 0 Å². The number of hydrogen-bond acceptors (Lipinski definition) is 3. The molecule has 8 heteroatoms. The summed E-state index contributed by atoms with van der Waals surface area (Å²) in [5.41, 5.74) is -0.864. The van der Waals surface area contributed by atoms with E-state index < -0.39 is 21.8 Å². The first-order valence-corrected chi connectivity index (χ1v) is 10.1. The molecule has 0 bridgehead atoms. The summed E-state index contributed by atoms with van der Waals surface area (Å²) >= 11 is 0. The number of nitrogens with zero attached hydrogens (tertiary/aromatic N) is 1. The highest BCUT2D eigenvalue weighted by molar-refractivity contribution is 7.89. The molecule has 0 aromatic heterocycles. The monoisotopic (exact) mass is 380 g/mol. The fraction of sp³-hybridized carbons (Fsp3) is 0.647. The van der Waals surface area contributed by atoms with Crippen LogP contribution in [0.4, 0.5) is 13.2 Å². The molecule has 1 aromatic carbocycles. The maximum absolute atomic E-state index is 12.5. The van der Waals surface area contributed by atoms with Crippen molar-refractivity contribution in [3.05, 3.63) is 29.8 Å². The standard InChI is InChI=1S/C17H27F3N2O2S/c1-3-5-12-22(13-6-4-2)14-11-21-25(23,24)16-9-7-15(8-10-16)17(18,19)20/h7-10,21H,3-6,11-14H2,1-2H3. The molecule has 144 valence electrons. The Balaban J connectivity index is 2.61. The number of halogens is 3. The molecule has 1 aromatic rings. The maximum atomic E-state index is 12.5. The topological polar surface area (TPSA) is 49.4 Å². The summed E-state index contributed by atoms with van der Waals surface area (Å²) < 4.78 is 64.5. The lowest BCUT2D eigenvalue weighted by Crippen LogP contribution is -2.36. The number of rotatable bonds is 11. The Morgan fingerprint density at radius 2 is 1.48 bits per heavy atom. The van der Waals surface area contributed by atoms with Gasteiger partial charge in [-0.3, -0.25) is 0 Å². The van der Waals surface area contributed by atoms with E-state index in [9.17, 15) is 21.6 Å². The molecule has 0 radical (unpaired) electrons. The van der Waals surface area contributed by atoms with Crippen molar-refractivity contribution in [3.63, 3.8) is 0 Å². The summed E-state index contributed by atoms with van der Waals surface area (Å²) in [5.74, 6) is 0. The fourth-order valence-corrected chi connectivity index (χ4v) is 3.36. The van der Waals surface area contributed by atoms with E-state index in [2.05, 4.69) is 23.5 Å². The van der Waals surface area contributed by atoms with Gasteiger partial charge in [0, 0.05) is 13.1 Å². The summed E-state index contributed by atoms with van der Waals surface area (Å²) in [4.78, 5) is 2.05. The van der Waals surface area contributed by atoms with Crippen LogP contribution in [0.2, 0.25) is 0 Å². The lowest BCUT2D eigenvalue weighted by atomic mass is 10.2. The van der Waals surface area contributed by atoms with Crippen LogP contribution < -0.4 is 4.72 Å². The Morgan fingerprint density at radius 3 is 1.92 bits per heavy atom. The second-order valence-corrected chi connectivity index (χ2v) is 7.74. The third-order valence-corrected chi connectivity index (χ3v) is 5.34. The minimum Gasteiger partial charge on any atom is -0.302 e. The molecule has 25 heavy (non-hydrogen) atoms. The Bertz CT molecular complexity index is 593. The lowest BCUT2D eigenvalue weighted by Gasteiger charge is -2.22. The lowest BCUT2D eigenvalue weighted by molar-refractivity contribution is -0.137. The molecule has 0 unspecified atom stereocenters. The molecule has 0 amide bonds. The third-order valence-electron chi connectivity index (χ3n) is 3.87. The van der Waals surface area contributed by atoms with Crippen molar-refractivity contribution >= 4 is 10.0 Å². The maximum Gasteiger partial charge on any atom is 0.416 e. The Kier molecular flexibility index (Phi) is 8.88. The molecule has 0 heterocycles. The highest BCUT2D eigenvalue weighted by Crippen LogP contribution is 2.29. The quantitative estimate of drug-likeness (QED) is 0.634. The van der Waals surface area contributed by atoms with Crippen LogP contribution in [0.15, 0.2) is 29.2 Å². The van der Waals surface area contributed by atoms with Crippen molar-refractivity contribution in [3.8, 4) is 0 Å². The largest absolute Gasteiger partial charge is 0.416 e. The highest BCUT2D eigenvalue weighted by Gasteiger charge is 2.30. The van der Waals surface area contributed by atoms with E-state index in [4.69, 9.17) is 0 Å². The van der Waals surface area contributed by atoms with E-state index in [-0.39, 0.29) is 11.4 Å². The minimum atomic E-state index is -4.48. The van der Waals surface area contributed by atoms with Crippen molar-refractivity contribution in [2.45, 2.75) is 50.6 Å². The first-order chi connectivity index (χ1) is 11.7. The molecule has 0 saturated heterocycles. The van der Waals surface area contributed by atoms with Gasteiger partial charge >= 0.3 is 6.18 Å². The summed E-state index contributed by atoms with van der Waals surface area (Å²) in [7, 11) is -3.80. The normalized spacial score (nSPS) is 12.7. The van der Waals surface area contributed by atoms with Gasteiger partial charge in [0.25, 0.3) is 0 Å². The van der Waals surface area contributed by atoms with Crippen molar-refractivity contribution in [2.24, 2.45) is 0 Å². The Hall–Kier alpha value is -1.12. The average molecular weight is 380 g/mol. The van der Waals surface area contributed by atoms with E-state index >= 15 is 0 Å². The highest BCUT2D eigenvalue weighted by atomic mass is 32.2. The third kappa shape index (κ3) is 7.75. The molecular weight excluding hydrogens is 353 g/mol. The minimum absolute atomic E-state index is 0.158. The van der Waals surface area contributed by atoms with Crippen molar-refractivity contribution in [1.82, 2.24) is 9.62 Å². The fourth-order valence-electron chi connectivity index (χ4n) is 2.34. The molecule has 0 aliphatic rings. The van der Waals surface area contributed by atoms with Crippen molar-refractivity contribution in [2.75, 3.05) is 26.2 Å². The zero-order valence-corrected chi connectivity index (χ0v) is 15.6. The SMILES string of the molecule is CCCCN(CCCC)CCNS(=O)(=O)c1ccc(C(F)(F)F)cc1. The summed E-state index contributed by atoms with van der Waals surface area (Å²) in [6, 6.07) is 3.53. The molecule has 0 aliphatic heterocycles. The second-order valence-electron chi connectivity index (χ2n) is 5.97. The van der Waals surface area contributed by atoms with Gasteiger partial charge in [0.1, 0.15) is 0 Å². The molecule has 0 saturated carbocycles. The smallest absolute Gasteiger partial charge is 0.302 e. The number of unbranched alkanes of at least 4 members (excludes halogenated alkanes) is 2. The average Bonchev–Trinajstić information content (AvgIpc) is 2.56. The zero-order valence-electron chi connectivity index (χ0n) is 14.8. The summed E-state index contributed by atoms with van der Waals surface area (Å²) in [6.07, 6.45) is -0.237. The Morgan fingerprint density at radius 1 is 0.960 bits per heavy atom. The number of benzene rings is 1. The second kappa shape index (κ2) is 10.1. The molecule has 1 N–H and O–H groups in total. The zero-order chi connectivity index (χ0) is 18.9. The van der Waals surface area contributed by atoms with E-state index in [1.807, 2.05) is 0 Å². The number of alkyl halides is 3. The van der Waals surface area contributed by atoms with Gasteiger partial charge in [0.05, 0.1) is 10.5 Å². The van der Waals surface area contributed by atoms with Gasteiger partial charge in [0.15, 0.2) is 0 Å². The van der Waals surface area contributed by atoms with E-state index in [1.54, 1.807) is 0 Å². The van der Waals surface area contributed by atoms with Crippen LogP contribution in [-0.2, 0) is 16.2 Å². The van der Waals surface area contributed by atoms with E-state index in [1.165, 1.54) is 0 Å². The van der Waals surface area contributed by atoms with Crippen LogP contribution in [0.25, 0.3) is 0 Å². The van der Waals surface area contributed by atoms with Crippen LogP contribution >= 0.6 is 0 Å². The van der Waals surface area contributed by atoms with Gasteiger partial charge in [-0.15, -0.1) is 0 Å². The van der Waals surface area contributed by atoms with Crippen LogP contribution in [0, 0.1) is 0 Å². The predicted molar refractivity (Wildman–Crippen MR) is 92.9 cm³/mol. The molecule has 0 spiro atoms. The van der Waals surface area contributed by atoms with Crippen molar-refractivity contribution < 1.29 is 21.6 Å².